The molecule has 0 amide bonds. The third-order valence-electron chi connectivity index (χ3n) is 2.21. The Morgan fingerprint density at radius 3 is 2.50 bits per heavy atom. The summed E-state index contributed by atoms with van der Waals surface area (Å²) in [5.41, 5.74) is 1.42. The summed E-state index contributed by atoms with van der Waals surface area (Å²) in [6, 6.07) is 16.7. The number of nitrogens with zero attached hydrogens (tertiary/aromatic N) is 1. The Bertz CT molecular complexity index is 358. The quantitative estimate of drug-likeness (QED) is 0.595. The second-order valence-electron chi connectivity index (χ2n) is 3.46. The monoisotopic (exact) mass is 260 g/mol. The normalized spacial score (nSPS) is 10.5. The number of aryl methyl sites for hydroxylation is 1. The molecule has 0 fully saturated rings. The van der Waals surface area contributed by atoms with Crippen LogP contribution in [0.1, 0.15) is 12.0 Å². The van der Waals surface area contributed by atoms with Gasteiger partial charge in [0.2, 0.25) is 0 Å². The number of aromatic nitrogens is 1. The van der Waals surface area contributed by atoms with E-state index in [4.69, 9.17) is 0 Å². The second-order valence-corrected chi connectivity index (χ2v) is 4.75. The van der Waals surface area contributed by atoms with E-state index in [1.54, 1.807) is 0 Å². The molecule has 0 aliphatic heterocycles. The fourth-order valence-corrected chi connectivity index (χ4v) is 2.36. The second kappa shape index (κ2) is 6.47. The van der Waals surface area contributed by atoms with Crippen LogP contribution in [0, 0.1) is 0 Å². The van der Waals surface area contributed by atoms with Crippen LogP contribution in [-0.2, 0) is 21.4 Å². The van der Waals surface area contributed by atoms with E-state index in [9.17, 15) is 0 Å². The molecule has 1 nitrogen and oxygen atoms in total. The van der Waals surface area contributed by atoms with Crippen molar-refractivity contribution in [1.82, 2.24) is 4.98 Å². The van der Waals surface area contributed by atoms with Gasteiger partial charge >= 0.3 is 103 Å². The van der Waals surface area contributed by atoms with Gasteiger partial charge in [-0.25, -0.2) is 0 Å². The van der Waals surface area contributed by atoms with Gasteiger partial charge in [0.25, 0.3) is 0 Å². The molecule has 0 aliphatic carbocycles. The fraction of sp³-hybridized carbons (Fsp3) is 0.214. The van der Waals surface area contributed by atoms with Gasteiger partial charge in [-0.3, -0.25) is 0 Å². The zero-order chi connectivity index (χ0) is 11.1. The van der Waals surface area contributed by atoms with Crippen LogP contribution >= 0.6 is 0 Å². The van der Waals surface area contributed by atoms with Gasteiger partial charge in [-0.1, -0.05) is 0 Å². The van der Waals surface area contributed by atoms with E-state index in [2.05, 4.69) is 41.4 Å². The average molecular weight is 261 g/mol. The molecule has 2 aromatic rings. The van der Waals surface area contributed by atoms with E-state index in [1.165, 1.54) is 12.0 Å². The number of pyridine rings is 1. The molecule has 87 valence electrons. The van der Waals surface area contributed by atoms with Crippen molar-refractivity contribution in [2.24, 2.45) is 0 Å². The van der Waals surface area contributed by atoms with Crippen LogP contribution in [0.15, 0.2) is 54.7 Å². The van der Waals surface area contributed by atoms with Crippen molar-refractivity contribution in [3.63, 3.8) is 0 Å². The standard InChI is InChI=1S/C9H11.C5H4N.Cu/c1-2-6-9-7-4-3-5-8-9;1-2-4-6-5-3-1;/h3-5,7-8H,1-2,6H2;1-4H;. The SMILES string of the molecule is c1ccc(CC[CH2][Cu][c]2ccccn2)cc1. The Hall–Kier alpha value is -1.11. The van der Waals surface area contributed by atoms with Crippen molar-refractivity contribution in [2.45, 2.75) is 18.2 Å². The van der Waals surface area contributed by atoms with E-state index in [-0.39, 0.29) is 0 Å². The number of rotatable bonds is 5. The summed E-state index contributed by atoms with van der Waals surface area (Å²) in [5.74, 6) is 0. The van der Waals surface area contributed by atoms with Crippen LogP contribution in [0.2, 0.25) is 5.32 Å². The predicted molar refractivity (Wildman–Crippen MR) is 63.4 cm³/mol. The van der Waals surface area contributed by atoms with Crippen LogP contribution in [0.4, 0.5) is 0 Å². The summed E-state index contributed by atoms with van der Waals surface area (Å²) in [5, 5.41) is 1.12. The Kier molecular flexibility index (Phi) is 4.60. The zero-order valence-corrected chi connectivity index (χ0v) is 10.0. The first-order valence-electron chi connectivity index (χ1n) is 5.40. The third kappa shape index (κ3) is 3.80. The van der Waals surface area contributed by atoms with Crippen molar-refractivity contribution in [1.29, 1.82) is 0 Å². The molecule has 2 heteroatoms. The first-order valence-corrected chi connectivity index (χ1v) is 6.54. The number of hydrogen-bond donors (Lipinski definition) is 0. The van der Waals surface area contributed by atoms with E-state index in [0.29, 0.717) is 0 Å². The van der Waals surface area contributed by atoms with Crippen LogP contribution in [0.5, 0.6) is 0 Å². The minimum atomic E-state index is 1.11. The molecule has 0 unspecified atom stereocenters. The summed E-state index contributed by atoms with van der Waals surface area (Å²) in [7, 11) is 0. The van der Waals surface area contributed by atoms with Crippen molar-refractivity contribution >= 4 is 4.59 Å². The molecular weight excluding hydrogens is 246 g/mol. The van der Waals surface area contributed by atoms with Crippen molar-refractivity contribution < 1.29 is 15.0 Å². The molecule has 0 N–H and O–H groups in total. The minimum absolute atomic E-state index is 1.11. The third-order valence-corrected chi connectivity index (χ3v) is 3.39. The Morgan fingerprint density at radius 2 is 1.75 bits per heavy atom. The van der Waals surface area contributed by atoms with Gasteiger partial charge in [0.05, 0.1) is 0 Å². The average Bonchev–Trinajstić information content (AvgIpc) is 2.37. The molecular formula is C14H15CuN. The van der Waals surface area contributed by atoms with Gasteiger partial charge in [-0.2, -0.15) is 0 Å². The number of hydrogen-bond acceptors (Lipinski definition) is 1. The molecule has 0 spiro atoms. The van der Waals surface area contributed by atoms with Gasteiger partial charge in [0.15, 0.2) is 0 Å². The topological polar surface area (TPSA) is 12.9 Å². The zero-order valence-electron chi connectivity index (χ0n) is 9.07. The van der Waals surface area contributed by atoms with E-state index >= 15 is 0 Å². The molecule has 1 aromatic carbocycles. The molecule has 2 rings (SSSR count). The summed E-state index contributed by atoms with van der Waals surface area (Å²) in [6.07, 6.45) is 4.19. The molecule has 1 aromatic heterocycles. The van der Waals surface area contributed by atoms with E-state index in [1.807, 2.05) is 33.3 Å². The van der Waals surface area contributed by atoms with Gasteiger partial charge in [0, 0.05) is 0 Å². The molecule has 1 heterocycles. The molecule has 0 saturated heterocycles. The van der Waals surface area contributed by atoms with Crippen molar-refractivity contribution in [3.05, 3.63) is 60.3 Å². The van der Waals surface area contributed by atoms with Gasteiger partial charge in [0.1, 0.15) is 0 Å². The van der Waals surface area contributed by atoms with Crippen LogP contribution in [-0.4, -0.2) is 4.98 Å². The van der Waals surface area contributed by atoms with Crippen LogP contribution in [0.3, 0.4) is 0 Å². The molecule has 0 bridgehead atoms. The molecule has 0 aliphatic rings. The van der Waals surface area contributed by atoms with Crippen LogP contribution < -0.4 is 4.59 Å². The fourth-order valence-electron chi connectivity index (χ4n) is 1.42. The summed E-state index contributed by atoms with van der Waals surface area (Å²) >= 11 is 1.92. The van der Waals surface area contributed by atoms with Gasteiger partial charge < -0.3 is 0 Å². The molecule has 16 heavy (non-hydrogen) atoms. The van der Waals surface area contributed by atoms with Gasteiger partial charge in [-0.15, -0.1) is 0 Å². The molecule has 0 saturated carbocycles. The summed E-state index contributed by atoms with van der Waals surface area (Å²) in [6.45, 7) is 0. The van der Waals surface area contributed by atoms with Gasteiger partial charge in [-0.05, 0) is 0 Å². The first-order chi connectivity index (χ1) is 7.95. The Labute approximate surface area is 103 Å². The van der Waals surface area contributed by atoms with Crippen molar-refractivity contribution in [3.8, 4) is 0 Å². The molecule has 0 radical (unpaired) electrons. The Morgan fingerprint density at radius 1 is 0.938 bits per heavy atom. The van der Waals surface area contributed by atoms with Crippen molar-refractivity contribution in [2.75, 3.05) is 0 Å². The predicted octanol–water partition coefficient (Wildman–Crippen LogP) is 2.84. The Balaban J connectivity index is 1.70. The summed E-state index contributed by atoms with van der Waals surface area (Å²) < 4.78 is 1.11. The molecule has 0 atom stereocenters. The van der Waals surface area contributed by atoms with E-state index < -0.39 is 0 Å². The maximum absolute atomic E-state index is 4.28. The maximum atomic E-state index is 4.28. The van der Waals surface area contributed by atoms with E-state index in [0.717, 1.165) is 16.3 Å². The first kappa shape index (κ1) is 11.4. The van der Waals surface area contributed by atoms with Crippen LogP contribution in [0.25, 0.3) is 0 Å². The summed E-state index contributed by atoms with van der Waals surface area (Å²) in [4.78, 5) is 4.28. The number of benzene rings is 1.